The first-order chi connectivity index (χ1) is 7.36. The van der Waals surface area contributed by atoms with E-state index in [1.807, 2.05) is 0 Å². The molecule has 0 aromatic carbocycles. The normalized spacial score (nSPS) is 17.9. The van der Waals surface area contributed by atoms with E-state index in [-0.39, 0.29) is 0 Å². The molecule has 0 bridgehead atoms. The van der Waals surface area contributed by atoms with Crippen LogP contribution in [0.4, 0.5) is 0 Å². The molecule has 1 saturated carbocycles. The molecule has 0 radical (unpaired) electrons. The molecule has 1 atom stereocenters. The summed E-state index contributed by atoms with van der Waals surface area (Å²) in [6, 6.07) is 2.62. The molecule has 1 N–H and O–H groups in total. The van der Waals surface area contributed by atoms with Crippen LogP contribution in [-0.2, 0) is 4.74 Å². The minimum absolute atomic E-state index is 0.445. The topological polar surface area (TPSA) is 21.3 Å². The van der Waals surface area contributed by atoms with Crippen LogP contribution in [0.5, 0.6) is 0 Å². The van der Waals surface area contributed by atoms with Crippen LogP contribution in [0, 0.1) is 5.92 Å². The van der Waals surface area contributed by atoms with Gasteiger partial charge in [0.15, 0.2) is 0 Å². The molecule has 2 nitrogen and oxygen atoms in total. The van der Waals surface area contributed by atoms with Crippen molar-refractivity contribution >= 4 is 11.3 Å². The van der Waals surface area contributed by atoms with Crippen LogP contribution in [0.2, 0.25) is 0 Å². The molecule has 2 rings (SSSR count). The lowest BCUT2D eigenvalue weighted by molar-refractivity contribution is 0.124. The molecular formula is C12H19NOS. The van der Waals surface area contributed by atoms with Gasteiger partial charge in [-0.3, -0.25) is 0 Å². The predicted octanol–water partition coefficient (Wildman–Crippen LogP) is 2.83. The third kappa shape index (κ3) is 3.93. The summed E-state index contributed by atoms with van der Waals surface area (Å²) in [6.45, 7) is 4.95. The fourth-order valence-corrected chi connectivity index (χ4v) is 2.28. The first-order valence-corrected chi connectivity index (χ1v) is 6.64. The number of ether oxygens (including phenoxy) is 1. The Morgan fingerprint density at radius 3 is 3.13 bits per heavy atom. The lowest BCUT2D eigenvalue weighted by Crippen LogP contribution is -2.23. The summed E-state index contributed by atoms with van der Waals surface area (Å²) in [5.41, 5.74) is 1.38. The molecule has 1 aromatic heterocycles. The highest BCUT2D eigenvalue weighted by atomic mass is 32.1. The predicted molar refractivity (Wildman–Crippen MR) is 64.3 cm³/mol. The molecule has 1 unspecified atom stereocenters. The third-order valence-corrected chi connectivity index (χ3v) is 3.49. The zero-order valence-electron chi connectivity index (χ0n) is 9.24. The van der Waals surface area contributed by atoms with E-state index in [4.69, 9.17) is 4.74 Å². The van der Waals surface area contributed by atoms with Crippen molar-refractivity contribution in [3.63, 3.8) is 0 Å². The van der Waals surface area contributed by atoms with Crippen molar-refractivity contribution in [2.75, 3.05) is 19.8 Å². The van der Waals surface area contributed by atoms with E-state index in [0.29, 0.717) is 6.04 Å². The monoisotopic (exact) mass is 225 g/mol. The molecule has 1 fully saturated rings. The average Bonchev–Trinajstić information content (AvgIpc) is 2.90. The number of nitrogens with one attached hydrogen (secondary N) is 1. The summed E-state index contributed by atoms with van der Waals surface area (Å²) in [4.78, 5) is 0. The molecule has 1 heterocycles. The zero-order chi connectivity index (χ0) is 10.5. The molecule has 1 aliphatic rings. The number of thiophene rings is 1. The van der Waals surface area contributed by atoms with Gasteiger partial charge in [0.05, 0.1) is 6.61 Å². The largest absolute Gasteiger partial charge is 0.380 e. The first-order valence-electron chi connectivity index (χ1n) is 5.69. The lowest BCUT2D eigenvalue weighted by Gasteiger charge is -2.12. The highest BCUT2D eigenvalue weighted by molar-refractivity contribution is 7.07. The summed E-state index contributed by atoms with van der Waals surface area (Å²) in [5.74, 6) is 0.874. The van der Waals surface area contributed by atoms with Gasteiger partial charge in [-0.2, -0.15) is 11.3 Å². The molecule has 3 heteroatoms. The molecule has 0 saturated heterocycles. The first kappa shape index (κ1) is 11.1. The average molecular weight is 225 g/mol. The number of rotatable bonds is 7. The standard InChI is InChI=1S/C12H19NOS/c1-10(12-4-7-15-9-12)13-5-6-14-8-11-2-3-11/h4,7,9-11,13H,2-3,5-6,8H2,1H3. The Kier molecular flexibility index (Phi) is 4.18. The quantitative estimate of drug-likeness (QED) is 0.720. The molecular weight excluding hydrogens is 206 g/mol. The highest BCUT2D eigenvalue weighted by Crippen LogP contribution is 2.28. The van der Waals surface area contributed by atoms with Crippen molar-refractivity contribution in [3.8, 4) is 0 Å². The Bertz CT molecular complexity index is 269. The second kappa shape index (κ2) is 5.64. The van der Waals surface area contributed by atoms with Gasteiger partial charge in [-0.15, -0.1) is 0 Å². The second-order valence-corrected chi connectivity index (χ2v) is 5.03. The summed E-state index contributed by atoms with van der Waals surface area (Å²) >= 11 is 1.75. The Morgan fingerprint density at radius 1 is 1.60 bits per heavy atom. The van der Waals surface area contributed by atoms with Gasteiger partial charge in [0.25, 0.3) is 0 Å². The lowest BCUT2D eigenvalue weighted by atomic mass is 10.2. The molecule has 1 aromatic rings. The van der Waals surface area contributed by atoms with Crippen LogP contribution < -0.4 is 5.32 Å². The van der Waals surface area contributed by atoms with E-state index in [0.717, 1.165) is 25.7 Å². The van der Waals surface area contributed by atoms with Crippen molar-refractivity contribution in [2.45, 2.75) is 25.8 Å². The molecule has 0 spiro atoms. The van der Waals surface area contributed by atoms with Gasteiger partial charge in [-0.1, -0.05) is 0 Å². The van der Waals surface area contributed by atoms with Crippen LogP contribution in [-0.4, -0.2) is 19.8 Å². The van der Waals surface area contributed by atoms with Gasteiger partial charge in [-0.05, 0) is 48.1 Å². The fourth-order valence-electron chi connectivity index (χ4n) is 1.52. The van der Waals surface area contributed by atoms with Crippen molar-refractivity contribution in [1.29, 1.82) is 0 Å². The van der Waals surface area contributed by atoms with Crippen LogP contribution >= 0.6 is 11.3 Å². The van der Waals surface area contributed by atoms with Crippen LogP contribution in [0.25, 0.3) is 0 Å². The second-order valence-electron chi connectivity index (χ2n) is 4.25. The Morgan fingerprint density at radius 2 is 2.47 bits per heavy atom. The number of hydrogen-bond acceptors (Lipinski definition) is 3. The smallest absolute Gasteiger partial charge is 0.0591 e. The van der Waals surface area contributed by atoms with Crippen molar-refractivity contribution in [3.05, 3.63) is 22.4 Å². The third-order valence-electron chi connectivity index (χ3n) is 2.79. The van der Waals surface area contributed by atoms with Crippen molar-refractivity contribution < 1.29 is 4.74 Å². The maximum absolute atomic E-state index is 5.57. The highest BCUT2D eigenvalue weighted by Gasteiger charge is 2.20. The molecule has 84 valence electrons. The van der Waals surface area contributed by atoms with Crippen LogP contribution in [0.1, 0.15) is 31.4 Å². The van der Waals surface area contributed by atoms with E-state index < -0.39 is 0 Å². The Balaban J connectivity index is 1.53. The van der Waals surface area contributed by atoms with E-state index in [2.05, 4.69) is 29.1 Å². The zero-order valence-corrected chi connectivity index (χ0v) is 10.1. The molecule has 0 aliphatic heterocycles. The maximum atomic E-state index is 5.57. The minimum atomic E-state index is 0.445. The van der Waals surface area contributed by atoms with Crippen molar-refractivity contribution in [1.82, 2.24) is 5.32 Å². The van der Waals surface area contributed by atoms with Gasteiger partial charge >= 0.3 is 0 Å². The van der Waals surface area contributed by atoms with Crippen molar-refractivity contribution in [2.24, 2.45) is 5.92 Å². The van der Waals surface area contributed by atoms with Gasteiger partial charge in [0, 0.05) is 19.2 Å². The van der Waals surface area contributed by atoms with Gasteiger partial charge in [0.1, 0.15) is 0 Å². The fraction of sp³-hybridized carbons (Fsp3) is 0.667. The SMILES string of the molecule is CC(NCCOCC1CC1)c1ccsc1. The molecule has 0 amide bonds. The van der Waals surface area contributed by atoms with Crippen LogP contribution in [0.3, 0.4) is 0 Å². The summed E-state index contributed by atoms with van der Waals surface area (Å²) < 4.78 is 5.57. The van der Waals surface area contributed by atoms with Crippen LogP contribution in [0.15, 0.2) is 16.8 Å². The van der Waals surface area contributed by atoms with E-state index in [9.17, 15) is 0 Å². The number of hydrogen-bond donors (Lipinski definition) is 1. The minimum Gasteiger partial charge on any atom is -0.380 e. The molecule has 1 aliphatic carbocycles. The van der Waals surface area contributed by atoms with Gasteiger partial charge in [0.2, 0.25) is 0 Å². The van der Waals surface area contributed by atoms with E-state index in [1.54, 1.807) is 11.3 Å². The van der Waals surface area contributed by atoms with E-state index >= 15 is 0 Å². The summed E-state index contributed by atoms with van der Waals surface area (Å²) in [7, 11) is 0. The van der Waals surface area contributed by atoms with E-state index in [1.165, 1.54) is 18.4 Å². The van der Waals surface area contributed by atoms with Gasteiger partial charge in [-0.25, -0.2) is 0 Å². The molecule has 15 heavy (non-hydrogen) atoms. The maximum Gasteiger partial charge on any atom is 0.0591 e. The summed E-state index contributed by atoms with van der Waals surface area (Å²) in [5, 5.41) is 7.78. The summed E-state index contributed by atoms with van der Waals surface area (Å²) in [6.07, 6.45) is 2.75. The Hall–Kier alpha value is -0.380. The Labute approximate surface area is 95.6 Å². The van der Waals surface area contributed by atoms with Gasteiger partial charge < -0.3 is 10.1 Å².